The van der Waals surface area contributed by atoms with Crippen molar-refractivity contribution in [3.8, 4) is 0 Å². The SMILES string of the molecule is CCOC(=O)N1CCC(NC(=O)[C@H]2CCCC[C@@H]2C(=O)N2CCc3ccccc32)CC1. The lowest BCUT2D eigenvalue weighted by Gasteiger charge is -2.35. The van der Waals surface area contributed by atoms with Crippen LogP contribution in [-0.2, 0) is 20.7 Å². The molecule has 7 heteroatoms. The van der Waals surface area contributed by atoms with Crippen molar-refractivity contribution in [2.75, 3.05) is 31.1 Å². The van der Waals surface area contributed by atoms with Crippen LogP contribution in [0.1, 0.15) is 51.0 Å². The second kappa shape index (κ2) is 9.71. The van der Waals surface area contributed by atoms with Crippen LogP contribution in [0.4, 0.5) is 10.5 Å². The summed E-state index contributed by atoms with van der Waals surface area (Å²) in [6.45, 7) is 4.04. The quantitative estimate of drug-likeness (QED) is 0.801. The highest BCUT2D eigenvalue weighted by atomic mass is 16.6. The number of carbonyl (C=O) groups is 3. The molecule has 2 heterocycles. The van der Waals surface area contributed by atoms with Crippen molar-refractivity contribution in [3.63, 3.8) is 0 Å². The van der Waals surface area contributed by atoms with Gasteiger partial charge in [-0.3, -0.25) is 9.59 Å². The van der Waals surface area contributed by atoms with E-state index in [1.165, 1.54) is 5.56 Å². The predicted octanol–water partition coefficient (Wildman–Crippen LogP) is 3.12. The minimum Gasteiger partial charge on any atom is -0.450 e. The van der Waals surface area contributed by atoms with E-state index in [-0.39, 0.29) is 35.8 Å². The Morgan fingerprint density at radius 1 is 1.00 bits per heavy atom. The van der Waals surface area contributed by atoms with Gasteiger partial charge >= 0.3 is 6.09 Å². The number of hydrogen-bond acceptors (Lipinski definition) is 4. The number of nitrogens with zero attached hydrogens (tertiary/aromatic N) is 2. The Bertz CT molecular complexity index is 819. The minimum absolute atomic E-state index is 0.000108. The lowest BCUT2D eigenvalue weighted by molar-refractivity contribution is -0.135. The second-order valence-corrected chi connectivity index (χ2v) is 8.83. The molecule has 0 spiro atoms. The molecule has 7 nitrogen and oxygen atoms in total. The number of anilines is 1. The summed E-state index contributed by atoms with van der Waals surface area (Å²) in [4.78, 5) is 42.1. The Morgan fingerprint density at radius 2 is 1.71 bits per heavy atom. The minimum atomic E-state index is -0.281. The average Bonchev–Trinajstić information content (AvgIpc) is 3.23. The molecule has 1 saturated carbocycles. The predicted molar refractivity (Wildman–Crippen MR) is 118 cm³/mol. The Hall–Kier alpha value is -2.57. The first-order valence-corrected chi connectivity index (χ1v) is 11.7. The zero-order valence-electron chi connectivity index (χ0n) is 18.3. The summed E-state index contributed by atoms with van der Waals surface area (Å²) >= 11 is 0. The molecule has 4 rings (SSSR count). The van der Waals surface area contributed by atoms with Gasteiger partial charge in [0.2, 0.25) is 11.8 Å². The molecule has 0 bridgehead atoms. The maximum Gasteiger partial charge on any atom is 0.409 e. The van der Waals surface area contributed by atoms with Crippen LogP contribution in [0.3, 0.4) is 0 Å². The topological polar surface area (TPSA) is 79.0 Å². The van der Waals surface area contributed by atoms with Crippen molar-refractivity contribution >= 4 is 23.6 Å². The van der Waals surface area contributed by atoms with Crippen molar-refractivity contribution < 1.29 is 19.1 Å². The molecular formula is C24H33N3O4. The van der Waals surface area contributed by atoms with Crippen LogP contribution in [0.5, 0.6) is 0 Å². The number of fused-ring (bicyclic) bond motifs is 1. The number of para-hydroxylation sites is 1. The third kappa shape index (κ3) is 4.70. The molecule has 2 fully saturated rings. The van der Waals surface area contributed by atoms with Gasteiger partial charge in [0.25, 0.3) is 0 Å². The van der Waals surface area contributed by atoms with Gasteiger partial charge in [0.1, 0.15) is 0 Å². The number of piperidine rings is 1. The lowest BCUT2D eigenvalue weighted by Crippen LogP contribution is -2.50. The molecule has 0 aromatic heterocycles. The van der Waals surface area contributed by atoms with Gasteiger partial charge in [-0.2, -0.15) is 0 Å². The molecule has 3 amide bonds. The fourth-order valence-corrected chi connectivity index (χ4v) is 5.24. The molecule has 1 N–H and O–H groups in total. The number of benzene rings is 1. The summed E-state index contributed by atoms with van der Waals surface area (Å²) in [5.41, 5.74) is 2.21. The first-order chi connectivity index (χ1) is 15.1. The Balaban J connectivity index is 1.36. The fraction of sp³-hybridized carbons (Fsp3) is 0.625. The van der Waals surface area contributed by atoms with Gasteiger partial charge in [0.05, 0.1) is 12.5 Å². The van der Waals surface area contributed by atoms with Gasteiger partial charge in [-0.25, -0.2) is 4.79 Å². The zero-order chi connectivity index (χ0) is 21.8. The number of nitrogens with one attached hydrogen (secondary N) is 1. The van der Waals surface area contributed by atoms with Crippen LogP contribution < -0.4 is 10.2 Å². The van der Waals surface area contributed by atoms with E-state index in [0.29, 0.717) is 26.2 Å². The third-order valence-corrected chi connectivity index (χ3v) is 6.94. The summed E-state index contributed by atoms with van der Waals surface area (Å²) in [6.07, 6.45) is 5.55. The van der Waals surface area contributed by atoms with E-state index in [2.05, 4.69) is 11.4 Å². The molecule has 1 saturated heterocycles. The second-order valence-electron chi connectivity index (χ2n) is 8.83. The number of ether oxygens (including phenoxy) is 1. The fourth-order valence-electron chi connectivity index (χ4n) is 5.24. The number of likely N-dealkylation sites (tertiary alicyclic amines) is 1. The third-order valence-electron chi connectivity index (χ3n) is 6.94. The molecular weight excluding hydrogens is 394 g/mol. The van der Waals surface area contributed by atoms with Gasteiger partial charge in [-0.15, -0.1) is 0 Å². The average molecular weight is 428 g/mol. The zero-order valence-corrected chi connectivity index (χ0v) is 18.3. The molecule has 2 aliphatic heterocycles. The highest BCUT2D eigenvalue weighted by molar-refractivity contribution is 5.99. The van der Waals surface area contributed by atoms with Crippen molar-refractivity contribution in [2.45, 2.75) is 57.9 Å². The van der Waals surface area contributed by atoms with Gasteiger partial charge in [0, 0.05) is 37.3 Å². The summed E-state index contributed by atoms with van der Waals surface area (Å²) in [5, 5.41) is 3.19. The Morgan fingerprint density at radius 3 is 2.45 bits per heavy atom. The summed E-state index contributed by atoms with van der Waals surface area (Å²) in [5.74, 6) is -0.418. The maximum absolute atomic E-state index is 13.4. The van der Waals surface area contributed by atoms with Gasteiger partial charge in [-0.1, -0.05) is 31.0 Å². The molecule has 1 aliphatic carbocycles. The number of amides is 3. The summed E-state index contributed by atoms with van der Waals surface area (Å²) < 4.78 is 5.06. The molecule has 168 valence electrons. The van der Waals surface area contributed by atoms with Crippen molar-refractivity contribution in [3.05, 3.63) is 29.8 Å². The first-order valence-electron chi connectivity index (χ1n) is 11.7. The Labute approximate surface area is 184 Å². The molecule has 3 aliphatic rings. The largest absolute Gasteiger partial charge is 0.450 e. The monoisotopic (exact) mass is 427 g/mol. The van der Waals surface area contributed by atoms with E-state index in [4.69, 9.17) is 4.74 Å². The number of hydrogen-bond donors (Lipinski definition) is 1. The van der Waals surface area contributed by atoms with Crippen LogP contribution >= 0.6 is 0 Å². The smallest absolute Gasteiger partial charge is 0.409 e. The highest BCUT2D eigenvalue weighted by Crippen LogP contribution is 2.36. The van der Waals surface area contributed by atoms with Gasteiger partial charge < -0.3 is 19.9 Å². The van der Waals surface area contributed by atoms with Crippen molar-refractivity contribution in [2.24, 2.45) is 11.8 Å². The highest BCUT2D eigenvalue weighted by Gasteiger charge is 2.40. The van der Waals surface area contributed by atoms with Crippen LogP contribution in [0.15, 0.2) is 24.3 Å². The van der Waals surface area contributed by atoms with E-state index in [1.54, 1.807) is 11.8 Å². The molecule has 0 radical (unpaired) electrons. The van der Waals surface area contributed by atoms with Crippen LogP contribution in [0.2, 0.25) is 0 Å². The molecule has 1 aromatic rings. The first kappa shape index (κ1) is 21.7. The van der Waals surface area contributed by atoms with E-state index in [9.17, 15) is 14.4 Å². The van der Waals surface area contributed by atoms with Gasteiger partial charge in [0.15, 0.2) is 0 Å². The molecule has 1 aromatic carbocycles. The maximum atomic E-state index is 13.4. The van der Waals surface area contributed by atoms with Crippen LogP contribution in [0.25, 0.3) is 0 Å². The van der Waals surface area contributed by atoms with E-state index < -0.39 is 0 Å². The summed E-state index contributed by atoms with van der Waals surface area (Å²) in [7, 11) is 0. The normalized spacial score (nSPS) is 23.9. The van der Waals surface area contributed by atoms with Crippen molar-refractivity contribution in [1.82, 2.24) is 10.2 Å². The summed E-state index contributed by atoms with van der Waals surface area (Å²) in [6, 6.07) is 8.12. The van der Waals surface area contributed by atoms with Gasteiger partial charge in [-0.05, 0) is 50.7 Å². The standard InChI is InChI=1S/C24H33N3O4/c1-2-31-24(30)26-14-12-18(13-15-26)25-22(28)19-8-4-5-9-20(19)23(29)27-16-11-17-7-3-6-10-21(17)27/h3,6-7,10,18-20H,2,4-5,8-9,11-16H2,1H3,(H,25,28)/t19-,20-/m0/s1. The van der Waals surface area contributed by atoms with E-state index >= 15 is 0 Å². The lowest BCUT2D eigenvalue weighted by atomic mass is 9.77. The van der Waals surface area contributed by atoms with Crippen LogP contribution in [0, 0.1) is 11.8 Å². The van der Waals surface area contributed by atoms with E-state index in [1.807, 2.05) is 23.1 Å². The van der Waals surface area contributed by atoms with Crippen molar-refractivity contribution in [1.29, 1.82) is 0 Å². The number of rotatable bonds is 4. The van der Waals surface area contributed by atoms with E-state index in [0.717, 1.165) is 50.6 Å². The number of carbonyl (C=O) groups excluding carboxylic acids is 3. The Kier molecular flexibility index (Phi) is 6.78. The molecule has 0 unspecified atom stereocenters. The molecule has 31 heavy (non-hydrogen) atoms. The van der Waals surface area contributed by atoms with Crippen LogP contribution in [-0.4, -0.2) is 55.1 Å². The molecule has 2 atom stereocenters.